The number of carbonyl (C=O) groups is 1. The van der Waals surface area contributed by atoms with Crippen LogP contribution in [0, 0.1) is 13.8 Å². The van der Waals surface area contributed by atoms with Crippen LogP contribution < -0.4 is 10.2 Å². The van der Waals surface area contributed by atoms with E-state index < -0.39 is 6.09 Å². The number of hydrogen-bond donors (Lipinski definition) is 2. The monoisotopic (exact) mass is 234 g/mol. The van der Waals surface area contributed by atoms with Crippen LogP contribution in [0.5, 0.6) is 0 Å². The normalized spacial score (nSPS) is 18.5. The Kier molecular flexibility index (Phi) is 2.96. The zero-order valence-corrected chi connectivity index (χ0v) is 10.4. The molecule has 0 fully saturated rings. The van der Waals surface area contributed by atoms with Gasteiger partial charge in [-0.3, -0.25) is 4.90 Å². The van der Waals surface area contributed by atoms with Gasteiger partial charge in [0.2, 0.25) is 0 Å². The first-order chi connectivity index (χ1) is 8.02. The third kappa shape index (κ3) is 2.07. The van der Waals surface area contributed by atoms with E-state index in [0.29, 0.717) is 6.54 Å². The van der Waals surface area contributed by atoms with Crippen molar-refractivity contribution < 1.29 is 9.90 Å². The van der Waals surface area contributed by atoms with Gasteiger partial charge in [-0.2, -0.15) is 0 Å². The van der Waals surface area contributed by atoms with Gasteiger partial charge in [0.1, 0.15) is 0 Å². The number of benzene rings is 1. The lowest BCUT2D eigenvalue weighted by Crippen LogP contribution is -2.44. The highest BCUT2D eigenvalue weighted by Gasteiger charge is 2.27. The van der Waals surface area contributed by atoms with Gasteiger partial charge in [0.05, 0.1) is 11.4 Å². The van der Waals surface area contributed by atoms with Gasteiger partial charge < -0.3 is 10.4 Å². The second-order valence-electron chi connectivity index (χ2n) is 4.60. The molecule has 2 rings (SSSR count). The van der Waals surface area contributed by atoms with E-state index in [9.17, 15) is 9.90 Å². The SMILES string of the molecule is CCC1CN(C(=O)O)c2cc(C)c(C)cc2N1. The van der Waals surface area contributed by atoms with Crippen molar-refractivity contribution >= 4 is 17.5 Å². The fourth-order valence-corrected chi connectivity index (χ4v) is 2.14. The molecule has 17 heavy (non-hydrogen) atoms. The standard InChI is InChI=1S/C13H18N2O2/c1-4-10-7-15(13(16)17)12-6-9(3)8(2)5-11(12)14-10/h5-6,10,14H,4,7H2,1-3H3,(H,16,17). The van der Waals surface area contributed by atoms with Gasteiger partial charge in [-0.05, 0) is 43.5 Å². The summed E-state index contributed by atoms with van der Waals surface area (Å²) < 4.78 is 0. The second kappa shape index (κ2) is 4.28. The van der Waals surface area contributed by atoms with Crippen molar-refractivity contribution in [1.82, 2.24) is 0 Å². The molecule has 0 aliphatic carbocycles. The van der Waals surface area contributed by atoms with E-state index in [2.05, 4.69) is 12.2 Å². The molecule has 0 aromatic heterocycles. The quantitative estimate of drug-likeness (QED) is 0.785. The average molecular weight is 234 g/mol. The van der Waals surface area contributed by atoms with Crippen LogP contribution in [0.2, 0.25) is 0 Å². The lowest BCUT2D eigenvalue weighted by molar-refractivity contribution is 0.201. The van der Waals surface area contributed by atoms with Crippen LogP contribution in [-0.2, 0) is 0 Å². The number of aryl methyl sites for hydroxylation is 2. The molecule has 4 nitrogen and oxygen atoms in total. The zero-order chi connectivity index (χ0) is 12.6. The Bertz CT molecular complexity index is 457. The first-order valence-electron chi connectivity index (χ1n) is 5.91. The molecule has 1 heterocycles. The van der Waals surface area contributed by atoms with Crippen molar-refractivity contribution in [3.63, 3.8) is 0 Å². The number of nitrogens with zero attached hydrogens (tertiary/aromatic N) is 1. The minimum atomic E-state index is -0.880. The van der Waals surface area contributed by atoms with Crippen molar-refractivity contribution in [2.45, 2.75) is 33.2 Å². The van der Waals surface area contributed by atoms with E-state index in [0.717, 1.165) is 23.4 Å². The minimum absolute atomic E-state index is 0.195. The number of nitrogens with one attached hydrogen (secondary N) is 1. The van der Waals surface area contributed by atoms with Crippen LogP contribution in [0.15, 0.2) is 12.1 Å². The molecule has 4 heteroatoms. The zero-order valence-electron chi connectivity index (χ0n) is 10.4. The van der Waals surface area contributed by atoms with Crippen LogP contribution in [-0.4, -0.2) is 23.8 Å². The summed E-state index contributed by atoms with van der Waals surface area (Å²) in [6.07, 6.45) is 0.0327. The Morgan fingerprint density at radius 2 is 2.12 bits per heavy atom. The van der Waals surface area contributed by atoms with E-state index in [1.54, 1.807) is 0 Å². The average Bonchev–Trinajstić information content (AvgIpc) is 2.29. The summed E-state index contributed by atoms with van der Waals surface area (Å²) in [7, 11) is 0. The largest absolute Gasteiger partial charge is 0.465 e. The molecule has 0 saturated heterocycles. The van der Waals surface area contributed by atoms with Gasteiger partial charge in [0.15, 0.2) is 0 Å². The number of fused-ring (bicyclic) bond motifs is 1. The second-order valence-corrected chi connectivity index (χ2v) is 4.60. The molecular weight excluding hydrogens is 216 g/mol. The molecular formula is C13H18N2O2. The van der Waals surface area contributed by atoms with E-state index in [1.165, 1.54) is 10.5 Å². The highest BCUT2D eigenvalue weighted by Crippen LogP contribution is 2.34. The molecule has 1 unspecified atom stereocenters. The van der Waals surface area contributed by atoms with E-state index in [1.807, 2.05) is 26.0 Å². The van der Waals surface area contributed by atoms with Crippen molar-refractivity contribution in [3.05, 3.63) is 23.3 Å². The summed E-state index contributed by atoms with van der Waals surface area (Å²) in [5.74, 6) is 0. The number of rotatable bonds is 1. The molecule has 92 valence electrons. The Morgan fingerprint density at radius 3 is 2.71 bits per heavy atom. The van der Waals surface area contributed by atoms with Crippen LogP contribution in [0.3, 0.4) is 0 Å². The van der Waals surface area contributed by atoms with Gasteiger partial charge in [-0.1, -0.05) is 6.92 Å². The van der Waals surface area contributed by atoms with Gasteiger partial charge in [-0.15, -0.1) is 0 Å². The van der Waals surface area contributed by atoms with Crippen molar-refractivity contribution in [1.29, 1.82) is 0 Å². The molecule has 1 aromatic rings. The molecule has 0 bridgehead atoms. The van der Waals surface area contributed by atoms with Gasteiger partial charge in [0, 0.05) is 12.6 Å². The lowest BCUT2D eigenvalue weighted by Gasteiger charge is -2.34. The predicted octanol–water partition coefficient (Wildman–Crippen LogP) is 2.99. The van der Waals surface area contributed by atoms with Crippen LogP contribution in [0.1, 0.15) is 24.5 Å². The third-order valence-electron chi connectivity index (χ3n) is 3.39. The number of hydrogen-bond acceptors (Lipinski definition) is 2. The highest BCUT2D eigenvalue weighted by molar-refractivity contribution is 5.93. The molecule has 0 spiro atoms. The maximum Gasteiger partial charge on any atom is 0.411 e. The first kappa shape index (κ1) is 11.8. The summed E-state index contributed by atoms with van der Waals surface area (Å²) in [4.78, 5) is 12.7. The summed E-state index contributed by atoms with van der Waals surface area (Å²) in [5.41, 5.74) is 3.99. The minimum Gasteiger partial charge on any atom is -0.465 e. The summed E-state index contributed by atoms with van der Waals surface area (Å²) in [6.45, 7) is 6.62. The van der Waals surface area contributed by atoms with Crippen LogP contribution in [0.4, 0.5) is 16.2 Å². The Hall–Kier alpha value is -1.71. The van der Waals surface area contributed by atoms with E-state index in [4.69, 9.17) is 0 Å². The van der Waals surface area contributed by atoms with Crippen molar-refractivity contribution in [3.8, 4) is 0 Å². The summed E-state index contributed by atoms with van der Waals surface area (Å²) in [5, 5.41) is 12.7. The maximum absolute atomic E-state index is 11.3. The molecule has 1 aliphatic heterocycles. The van der Waals surface area contributed by atoms with E-state index in [-0.39, 0.29) is 6.04 Å². The summed E-state index contributed by atoms with van der Waals surface area (Å²) in [6, 6.07) is 4.17. The Morgan fingerprint density at radius 1 is 1.47 bits per heavy atom. The number of carboxylic acid groups (broad SMARTS) is 1. The fraction of sp³-hybridized carbons (Fsp3) is 0.462. The van der Waals surface area contributed by atoms with Gasteiger partial charge in [-0.25, -0.2) is 4.79 Å². The molecule has 0 radical (unpaired) electrons. The first-order valence-corrected chi connectivity index (χ1v) is 5.91. The third-order valence-corrected chi connectivity index (χ3v) is 3.39. The molecule has 1 aliphatic rings. The smallest absolute Gasteiger partial charge is 0.411 e. The number of amides is 1. The summed E-state index contributed by atoms with van der Waals surface area (Å²) >= 11 is 0. The number of anilines is 2. The van der Waals surface area contributed by atoms with Crippen LogP contribution in [0.25, 0.3) is 0 Å². The fourth-order valence-electron chi connectivity index (χ4n) is 2.14. The van der Waals surface area contributed by atoms with Crippen LogP contribution >= 0.6 is 0 Å². The van der Waals surface area contributed by atoms with Gasteiger partial charge >= 0.3 is 6.09 Å². The molecule has 0 saturated carbocycles. The molecule has 2 N–H and O–H groups in total. The topological polar surface area (TPSA) is 52.6 Å². The molecule has 1 amide bonds. The van der Waals surface area contributed by atoms with Crippen molar-refractivity contribution in [2.75, 3.05) is 16.8 Å². The Labute approximate surface area is 101 Å². The van der Waals surface area contributed by atoms with Crippen molar-refractivity contribution in [2.24, 2.45) is 0 Å². The molecule has 1 aromatic carbocycles. The lowest BCUT2D eigenvalue weighted by atomic mass is 10.0. The predicted molar refractivity (Wildman–Crippen MR) is 69.0 cm³/mol. The Balaban J connectivity index is 2.48. The van der Waals surface area contributed by atoms with Gasteiger partial charge in [0.25, 0.3) is 0 Å². The molecule has 1 atom stereocenters. The highest BCUT2D eigenvalue weighted by atomic mass is 16.4. The maximum atomic E-state index is 11.3. The van der Waals surface area contributed by atoms with E-state index >= 15 is 0 Å².